The number of nitriles is 1. The van der Waals surface area contributed by atoms with Crippen molar-refractivity contribution < 1.29 is 0 Å². The molecule has 3 rings (SSSR count). The van der Waals surface area contributed by atoms with Crippen LogP contribution in [0, 0.1) is 11.3 Å². The highest BCUT2D eigenvalue weighted by Crippen LogP contribution is 2.25. The second kappa shape index (κ2) is 5.16. The van der Waals surface area contributed by atoms with Gasteiger partial charge in [0.2, 0.25) is 0 Å². The lowest BCUT2D eigenvalue weighted by molar-refractivity contribution is 0.912. The molecule has 0 saturated heterocycles. The first kappa shape index (κ1) is 11.8. The molecule has 19 heavy (non-hydrogen) atoms. The van der Waals surface area contributed by atoms with E-state index in [9.17, 15) is 0 Å². The van der Waals surface area contributed by atoms with Crippen molar-refractivity contribution in [1.82, 2.24) is 0 Å². The molecule has 0 fully saturated rings. The van der Waals surface area contributed by atoms with Crippen LogP contribution < -0.4 is 5.32 Å². The van der Waals surface area contributed by atoms with Crippen LogP contribution in [0.3, 0.4) is 0 Å². The summed E-state index contributed by atoms with van der Waals surface area (Å²) in [5.41, 5.74) is 5.90. The SMILES string of the molecule is N#Cc1ccccc1CNc1ccc2c(c1)CCC2. The Bertz CT molecular complexity index is 638. The van der Waals surface area contributed by atoms with Gasteiger partial charge in [0.15, 0.2) is 0 Å². The van der Waals surface area contributed by atoms with Crippen molar-refractivity contribution in [3.63, 3.8) is 0 Å². The molecular weight excluding hydrogens is 232 g/mol. The van der Waals surface area contributed by atoms with Crippen LogP contribution in [-0.2, 0) is 19.4 Å². The van der Waals surface area contributed by atoms with Gasteiger partial charge in [-0.25, -0.2) is 0 Å². The highest BCUT2D eigenvalue weighted by molar-refractivity contribution is 5.51. The van der Waals surface area contributed by atoms with Crippen LogP contribution >= 0.6 is 0 Å². The van der Waals surface area contributed by atoms with E-state index in [0.717, 1.165) is 16.8 Å². The first-order valence-electron chi connectivity index (χ1n) is 6.70. The standard InChI is InChI=1S/C17H16N2/c18-11-15-4-1-2-5-16(15)12-19-17-9-8-13-6-3-7-14(13)10-17/h1-2,4-5,8-10,19H,3,6-7,12H2. The molecule has 0 unspecified atom stereocenters. The maximum Gasteiger partial charge on any atom is 0.0995 e. The second-order valence-corrected chi connectivity index (χ2v) is 4.96. The van der Waals surface area contributed by atoms with Crippen LogP contribution in [0.25, 0.3) is 0 Å². The van der Waals surface area contributed by atoms with Crippen molar-refractivity contribution in [2.24, 2.45) is 0 Å². The van der Waals surface area contributed by atoms with Gasteiger partial charge in [0.25, 0.3) is 0 Å². The third kappa shape index (κ3) is 2.46. The Kier molecular flexibility index (Phi) is 3.20. The molecule has 2 nitrogen and oxygen atoms in total. The number of nitrogens with zero attached hydrogens (tertiary/aromatic N) is 1. The van der Waals surface area contributed by atoms with E-state index < -0.39 is 0 Å². The molecule has 0 bridgehead atoms. The molecule has 0 heterocycles. The Morgan fingerprint density at radius 2 is 1.89 bits per heavy atom. The molecule has 94 valence electrons. The van der Waals surface area contributed by atoms with Crippen molar-refractivity contribution >= 4 is 5.69 Å². The fraction of sp³-hybridized carbons (Fsp3) is 0.235. The Morgan fingerprint density at radius 1 is 1.05 bits per heavy atom. The zero-order valence-electron chi connectivity index (χ0n) is 10.8. The summed E-state index contributed by atoms with van der Waals surface area (Å²) in [6.45, 7) is 0.697. The van der Waals surface area contributed by atoms with E-state index in [1.54, 1.807) is 0 Å². The average molecular weight is 248 g/mol. The minimum absolute atomic E-state index is 0.697. The largest absolute Gasteiger partial charge is 0.381 e. The lowest BCUT2D eigenvalue weighted by Crippen LogP contribution is -2.02. The fourth-order valence-electron chi connectivity index (χ4n) is 2.66. The van der Waals surface area contributed by atoms with Gasteiger partial charge in [-0.15, -0.1) is 0 Å². The van der Waals surface area contributed by atoms with Crippen LogP contribution in [0.15, 0.2) is 42.5 Å². The molecule has 1 aliphatic rings. The third-order valence-electron chi connectivity index (χ3n) is 3.72. The van der Waals surface area contributed by atoms with E-state index >= 15 is 0 Å². The number of aryl methyl sites for hydroxylation is 2. The molecule has 0 atom stereocenters. The number of hydrogen-bond acceptors (Lipinski definition) is 2. The minimum atomic E-state index is 0.697. The highest BCUT2D eigenvalue weighted by atomic mass is 14.9. The second-order valence-electron chi connectivity index (χ2n) is 4.96. The van der Waals surface area contributed by atoms with Crippen molar-refractivity contribution in [3.05, 3.63) is 64.7 Å². The lowest BCUT2D eigenvalue weighted by atomic mass is 10.1. The first-order valence-corrected chi connectivity index (χ1v) is 6.70. The zero-order valence-corrected chi connectivity index (χ0v) is 10.8. The van der Waals surface area contributed by atoms with Gasteiger partial charge in [-0.2, -0.15) is 5.26 Å². The van der Waals surface area contributed by atoms with E-state index in [-0.39, 0.29) is 0 Å². The van der Waals surface area contributed by atoms with Crippen molar-refractivity contribution in [1.29, 1.82) is 5.26 Å². The van der Waals surface area contributed by atoms with Crippen LogP contribution in [0.1, 0.15) is 28.7 Å². The van der Waals surface area contributed by atoms with Crippen LogP contribution in [0.2, 0.25) is 0 Å². The summed E-state index contributed by atoms with van der Waals surface area (Å²) in [5, 5.41) is 12.5. The normalized spacial score (nSPS) is 12.8. The molecule has 0 saturated carbocycles. The smallest absolute Gasteiger partial charge is 0.0995 e. The highest BCUT2D eigenvalue weighted by Gasteiger charge is 2.10. The fourth-order valence-corrected chi connectivity index (χ4v) is 2.66. The summed E-state index contributed by atoms with van der Waals surface area (Å²) >= 11 is 0. The van der Waals surface area contributed by atoms with Gasteiger partial charge < -0.3 is 5.32 Å². The number of fused-ring (bicyclic) bond motifs is 1. The van der Waals surface area contributed by atoms with Crippen molar-refractivity contribution in [3.8, 4) is 6.07 Å². The number of anilines is 1. The van der Waals surface area contributed by atoms with Crippen LogP contribution in [0.5, 0.6) is 0 Å². The number of hydrogen-bond donors (Lipinski definition) is 1. The summed E-state index contributed by atoms with van der Waals surface area (Å²) in [6, 6.07) is 16.6. The summed E-state index contributed by atoms with van der Waals surface area (Å²) in [6.07, 6.45) is 3.68. The summed E-state index contributed by atoms with van der Waals surface area (Å²) in [7, 11) is 0. The zero-order chi connectivity index (χ0) is 13.1. The molecule has 0 spiro atoms. The predicted molar refractivity (Wildman–Crippen MR) is 77.0 cm³/mol. The Balaban J connectivity index is 1.74. The number of nitrogens with one attached hydrogen (secondary N) is 1. The maximum atomic E-state index is 9.06. The lowest BCUT2D eigenvalue weighted by Gasteiger charge is -2.09. The topological polar surface area (TPSA) is 35.8 Å². The van der Waals surface area contributed by atoms with Gasteiger partial charge >= 0.3 is 0 Å². The molecule has 2 aromatic carbocycles. The quantitative estimate of drug-likeness (QED) is 0.899. The number of rotatable bonds is 3. The molecule has 0 amide bonds. The molecular formula is C17H16N2. The van der Waals surface area contributed by atoms with Gasteiger partial charge in [-0.3, -0.25) is 0 Å². The van der Waals surface area contributed by atoms with E-state index in [0.29, 0.717) is 6.54 Å². The molecule has 1 N–H and O–H groups in total. The Hall–Kier alpha value is -2.27. The van der Waals surface area contributed by atoms with E-state index in [4.69, 9.17) is 5.26 Å². The molecule has 0 aliphatic heterocycles. The van der Waals surface area contributed by atoms with Gasteiger partial charge in [-0.05, 0) is 54.2 Å². The predicted octanol–water partition coefficient (Wildman–Crippen LogP) is 3.66. The van der Waals surface area contributed by atoms with Gasteiger partial charge in [0.05, 0.1) is 11.6 Å². The van der Waals surface area contributed by atoms with Gasteiger partial charge in [0, 0.05) is 12.2 Å². The minimum Gasteiger partial charge on any atom is -0.381 e. The van der Waals surface area contributed by atoms with Crippen LogP contribution in [-0.4, -0.2) is 0 Å². The molecule has 0 radical (unpaired) electrons. The van der Waals surface area contributed by atoms with E-state index in [1.165, 1.54) is 30.4 Å². The Labute approximate surface area is 113 Å². The molecule has 2 heteroatoms. The van der Waals surface area contributed by atoms with Crippen molar-refractivity contribution in [2.75, 3.05) is 5.32 Å². The maximum absolute atomic E-state index is 9.06. The Morgan fingerprint density at radius 3 is 2.79 bits per heavy atom. The van der Waals surface area contributed by atoms with E-state index in [1.807, 2.05) is 24.3 Å². The van der Waals surface area contributed by atoms with Gasteiger partial charge in [0.1, 0.15) is 0 Å². The third-order valence-corrected chi connectivity index (χ3v) is 3.72. The van der Waals surface area contributed by atoms with E-state index in [2.05, 4.69) is 29.6 Å². The molecule has 0 aromatic heterocycles. The van der Waals surface area contributed by atoms with Crippen molar-refractivity contribution in [2.45, 2.75) is 25.8 Å². The summed E-state index contributed by atoms with van der Waals surface area (Å²) in [4.78, 5) is 0. The van der Waals surface area contributed by atoms with Gasteiger partial charge in [-0.1, -0.05) is 24.3 Å². The number of benzene rings is 2. The molecule has 2 aromatic rings. The average Bonchev–Trinajstić information content (AvgIpc) is 2.93. The monoisotopic (exact) mass is 248 g/mol. The summed E-state index contributed by atoms with van der Waals surface area (Å²) in [5.74, 6) is 0. The summed E-state index contributed by atoms with van der Waals surface area (Å²) < 4.78 is 0. The first-order chi connectivity index (χ1) is 9.36. The van der Waals surface area contributed by atoms with Crippen LogP contribution in [0.4, 0.5) is 5.69 Å². The molecule has 1 aliphatic carbocycles.